The second-order valence-corrected chi connectivity index (χ2v) is 6.88. The van der Waals surface area contributed by atoms with E-state index in [1.807, 2.05) is 13.0 Å². The molecule has 0 saturated heterocycles. The average Bonchev–Trinajstić information content (AvgIpc) is 2.36. The van der Waals surface area contributed by atoms with E-state index in [1.165, 1.54) is 18.4 Å². The summed E-state index contributed by atoms with van der Waals surface area (Å²) >= 11 is 0. The molecule has 0 aliphatic heterocycles. The Balaban J connectivity index is 2.97. The smallest absolute Gasteiger partial charge is 0.244 e. The molecule has 0 bridgehead atoms. The van der Waals surface area contributed by atoms with Crippen molar-refractivity contribution in [1.82, 2.24) is 4.31 Å². The van der Waals surface area contributed by atoms with Gasteiger partial charge in [-0.1, -0.05) is 12.1 Å². The number of anilines is 1. The highest BCUT2D eigenvalue weighted by molar-refractivity contribution is 7.89. The predicted molar refractivity (Wildman–Crippen MR) is 78.7 cm³/mol. The Kier molecular flexibility index (Phi) is 5.78. The van der Waals surface area contributed by atoms with Gasteiger partial charge in [0.2, 0.25) is 10.0 Å². The van der Waals surface area contributed by atoms with E-state index in [2.05, 4.69) is 5.32 Å². The fourth-order valence-electron chi connectivity index (χ4n) is 1.77. The number of hydrogen-bond donors (Lipinski definition) is 2. The molecular weight excluding hydrogens is 262 g/mol. The molecule has 1 atom stereocenters. The Morgan fingerprint density at radius 2 is 1.95 bits per heavy atom. The van der Waals surface area contributed by atoms with Gasteiger partial charge in [-0.25, -0.2) is 12.7 Å². The Bertz CT molecular complexity index is 500. The van der Waals surface area contributed by atoms with Crippen molar-refractivity contribution in [3.8, 4) is 0 Å². The first-order valence-electron chi connectivity index (χ1n) is 6.37. The van der Waals surface area contributed by atoms with Crippen molar-refractivity contribution in [2.24, 2.45) is 5.73 Å². The molecule has 1 unspecified atom stereocenters. The number of para-hydroxylation sites is 1. The van der Waals surface area contributed by atoms with Crippen molar-refractivity contribution in [3.05, 3.63) is 24.3 Å². The van der Waals surface area contributed by atoms with Crippen LogP contribution in [0.5, 0.6) is 0 Å². The number of nitrogens with zero attached hydrogens (tertiary/aromatic N) is 1. The number of benzene rings is 1. The Labute approximate surface area is 115 Å². The molecule has 1 aromatic carbocycles. The monoisotopic (exact) mass is 285 g/mol. The molecule has 1 rings (SSSR count). The zero-order chi connectivity index (χ0) is 14.5. The maximum absolute atomic E-state index is 12.2. The molecule has 3 N–H and O–H groups in total. The van der Waals surface area contributed by atoms with Crippen LogP contribution in [0.4, 0.5) is 5.69 Å². The van der Waals surface area contributed by atoms with Gasteiger partial charge in [0, 0.05) is 20.1 Å². The lowest BCUT2D eigenvalue weighted by atomic mass is 10.1. The second-order valence-electron chi connectivity index (χ2n) is 4.76. The van der Waals surface area contributed by atoms with E-state index >= 15 is 0 Å². The van der Waals surface area contributed by atoms with Gasteiger partial charge in [0.1, 0.15) is 4.90 Å². The van der Waals surface area contributed by atoms with Gasteiger partial charge in [-0.2, -0.15) is 0 Å². The molecule has 0 spiro atoms. The molecule has 19 heavy (non-hydrogen) atoms. The van der Waals surface area contributed by atoms with Crippen LogP contribution >= 0.6 is 0 Å². The number of rotatable bonds is 7. The Hall–Kier alpha value is -1.11. The normalized spacial score (nSPS) is 13.5. The molecule has 0 heterocycles. The zero-order valence-corrected chi connectivity index (χ0v) is 12.6. The summed E-state index contributed by atoms with van der Waals surface area (Å²) in [5.74, 6) is 0. The number of hydrogen-bond acceptors (Lipinski definition) is 4. The van der Waals surface area contributed by atoms with Gasteiger partial charge in [-0.15, -0.1) is 0 Å². The summed E-state index contributed by atoms with van der Waals surface area (Å²) in [7, 11) is -0.364. The summed E-state index contributed by atoms with van der Waals surface area (Å²) < 4.78 is 25.6. The number of nitrogens with one attached hydrogen (secondary N) is 1. The van der Waals surface area contributed by atoms with Crippen LogP contribution in [0.2, 0.25) is 0 Å². The van der Waals surface area contributed by atoms with E-state index in [9.17, 15) is 8.42 Å². The van der Waals surface area contributed by atoms with E-state index < -0.39 is 10.0 Å². The molecule has 0 aliphatic carbocycles. The molecule has 0 aliphatic rings. The fourth-order valence-corrected chi connectivity index (χ4v) is 2.82. The van der Waals surface area contributed by atoms with Gasteiger partial charge in [-0.3, -0.25) is 0 Å². The first-order valence-corrected chi connectivity index (χ1v) is 7.81. The minimum atomic E-state index is -3.43. The molecule has 0 saturated carbocycles. The lowest BCUT2D eigenvalue weighted by Crippen LogP contribution is -2.25. The van der Waals surface area contributed by atoms with E-state index in [0.717, 1.165) is 12.8 Å². The second kappa shape index (κ2) is 6.88. The third kappa shape index (κ3) is 4.19. The summed E-state index contributed by atoms with van der Waals surface area (Å²) in [4.78, 5) is 0.305. The SMILES string of the molecule is CC(CCCN)Nc1ccccc1S(=O)(=O)N(C)C. The van der Waals surface area contributed by atoms with E-state index in [1.54, 1.807) is 18.2 Å². The minimum absolute atomic E-state index is 0.182. The maximum Gasteiger partial charge on any atom is 0.244 e. The third-order valence-corrected chi connectivity index (χ3v) is 4.76. The summed E-state index contributed by atoms with van der Waals surface area (Å²) in [5.41, 5.74) is 6.12. The van der Waals surface area contributed by atoms with Gasteiger partial charge in [0.15, 0.2) is 0 Å². The van der Waals surface area contributed by atoms with Crippen LogP contribution in [-0.4, -0.2) is 39.4 Å². The first-order chi connectivity index (χ1) is 8.89. The van der Waals surface area contributed by atoms with Crippen molar-refractivity contribution >= 4 is 15.7 Å². The van der Waals surface area contributed by atoms with Crippen molar-refractivity contribution < 1.29 is 8.42 Å². The zero-order valence-electron chi connectivity index (χ0n) is 11.8. The molecular formula is C13H23N3O2S. The summed E-state index contributed by atoms with van der Waals surface area (Å²) in [6.07, 6.45) is 1.82. The predicted octanol–water partition coefficient (Wildman–Crippen LogP) is 1.48. The standard InChI is InChI=1S/C13H23N3O2S/c1-11(7-6-10-14)15-12-8-4-5-9-13(12)19(17,18)16(2)3/h4-5,8-9,11,15H,6-7,10,14H2,1-3H3. The van der Waals surface area contributed by atoms with Crippen LogP contribution in [0.1, 0.15) is 19.8 Å². The van der Waals surface area contributed by atoms with Crippen molar-refractivity contribution in [2.45, 2.75) is 30.7 Å². The minimum Gasteiger partial charge on any atom is -0.381 e. The van der Waals surface area contributed by atoms with Crippen LogP contribution in [0, 0.1) is 0 Å². The van der Waals surface area contributed by atoms with Crippen molar-refractivity contribution in [1.29, 1.82) is 0 Å². The average molecular weight is 285 g/mol. The lowest BCUT2D eigenvalue weighted by Gasteiger charge is -2.19. The number of nitrogens with two attached hydrogens (primary N) is 1. The van der Waals surface area contributed by atoms with E-state index in [0.29, 0.717) is 17.1 Å². The summed E-state index contributed by atoms with van der Waals surface area (Å²) in [5, 5.41) is 3.24. The Morgan fingerprint density at radius 1 is 1.32 bits per heavy atom. The van der Waals surface area contributed by atoms with E-state index in [4.69, 9.17) is 5.73 Å². The molecule has 108 valence electrons. The van der Waals surface area contributed by atoms with Crippen LogP contribution in [0.3, 0.4) is 0 Å². The van der Waals surface area contributed by atoms with Crippen molar-refractivity contribution in [3.63, 3.8) is 0 Å². The molecule has 0 radical (unpaired) electrons. The number of sulfonamides is 1. The summed E-state index contributed by atoms with van der Waals surface area (Å²) in [6, 6.07) is 7.14. The highest BCUT2D eigenvalue weighted by Crippen LogP contribution is 2.24. The third-order valence-electron chi connectivity index (χ3n) is 2.89. The largest absolute Gasteiger partial charge is 0.381 e. The van der Waals surface area contributed by atoms with Gasteiger partial charge >= 0.3 is 0 Å². The van der Waals surface area contributed by atoms with Gasteiger partial charge in [0.05, 0.1) is 5.69 Å². The highest BCUT2D eigenvalue weighted by Gasteiger charge is 2.21. The van der Waals surface area contributed by atoms with E-state index in [-0.39, 0.29) is 6.04 Å². The highest BCUT2D eigenvalue weighted by atomic mass is 32.2. The fraction of sp³-hybridized carbons (Fsp3) is 0.538. The summed E-state index contributed by atoms with van der Waals surface area (Å²) in [6.45, 7) is 2.67. The van der Waals surface area contributed by atoms with Gasteiger partial charge in [0.25, 0.3) is 0 Å². The Morgan fingerprint density at radius 3 is 2.53 bits per heavy atom. The van der Waals surface area contributed by atoms with Crippen LogP contribution in [0.25, 0.3) is 0 Å². The molecule has 5 nitrogen and oxygen atoms in total. The molecule has 6 heteroatoms. The quantitative estimate of drug-likeness (QED) is 0.795. The molecule has 0 amide bonds. The first kappa shape index (κ1) is 15.9. The lowest BCUT2D eigenvalue weighted by molar-refractivity contribution is 0.521. The van der Waals surface area contributed by atoms with Gasteiger partial charge in [-0.05, 0) is 38.4 Å². The molecule has 0 aromatic heterocycles. The van der Waals surface area contributed by atoms with Crippen molar-refractivity contribution in [2.75, 3.05) is 26.0 Å². The van der Waals surface area contributed by atoms with Crippen LogP contribution < -0.4 is 11.1 Å². The molecule has 0 fully saturated rings. The van der Waals surface area contributed by atoms with Crippen LogP contribution in [0.15, 0.2) is 29.2 Å². The van der Waals surface area contributed by atoms with Gasteiger partial charge < -0.3 is 11.1 Å². The maximum atomic E-state index is 12.2. The molecule has 1 aromatic rings. The van der Waals surface area contributed by atoms with Crippen LogP contribution in [-0.2, 0) is 10.0 Å². The topological polar surface area (TPSA) is 75.4 Å².